The molecule has 0 amide bonds. The summed E-state index contributed by atoms with van der Waals surface area (Å²) in [5.74, 6) is 0. The zero-order valence-corrected chi connectivity index (χ0v) is 8.23. The van der Waals surface area contributed by atoms with E-state index < -0.39 is 40.1 Å². The first-order valence-corrected chi connectivity index (χ1v) is 5.73. The summed E-state index contributed by atoms with van der Waals surface area (Å²) >= 11 is 0. The van der Waals surface area contributed by atoms with Crippen LogP contribution in [0, 0.1) is 0 Å². The zero-order chi connectivity index (χ0) is 11.4. The second-order valence-corrected chi connectivity index (χ2v) is 4.40. The van der Waals surface area contributed by atoms with Crippen molar-refractivity contribution in [2.24, 2.45) is 0 Å². The molecule has 3 N–H and O–H groups in total. The number of hydrogen-bond donors (Lipinski definition) is 3. The molecule has 0 aromatic carbocycles. The van der Waals surface area contributed by atoms with Crippen molar-refractivity contribution in [3.63, 3.8) is 0 Å². The van der Waals surface area contributed by atoms with Crippen LogP contribution in [-0.2, 0) is 28.6 Å². The maximum absolute atomic E-state index is 10.6. The van der Waals surface area contributed by atoms with Gasteiger partial charge in [0, 0.05) is 0 Å². The minimum atomic E-state index is -5.22. The van der Waals surface area contributed by atoms with Crippen LogP contribution in [0.5, 0.6) is 0 Å². The minimum Gasteiger partial charge on any atom is -0.394 e. The van der Waals surface area contributed by atoms with Gasteiger partial charge < -0.3 is 10.2 Å². The van der Waals surface area contributed by atoms with Gasteiger partial charge in [-0.05, 0) is 0 Å². The molecule has 0 bridgehead atoms. The van der Waals surface area contributed by atoms with Crippen LogP contribution in [0.3, 0.4) is 0 Å². The third kappa shape index (κ3) is 6.20. The molecule has 0 saturated heterocycles. The predicted molar refractivity (Wildman–Crippen MR) is 40.6 cm³/mol. The first-order valence-electron chi connectivity index (χ1n) is 3.03. The Kier molecular flexibility index (Phi) is 4.87. The molecule has 0 radical (unpaired) electrons. The van der Waals surface area contributed by atoms with E-state index in [0.29, 0.717) is 0 Å². The Balaban J connectivity index is 4.51. The normalized spacial score (nSPS) is 13.4. The molecule has 0 fully saturated rings. The number of hydrogen-bond acceptors (Lipinski definition) is 8. The van der Waals surface area contributed by atoms with Crippen molar-refractivity contribution in [1.82, 2.24) is 0 Å². The van der Waals surface area contributed by atoms with Gasteiger partial charge in [0.05, 0.1) is 13.2 Å². The fourth-order valence-corrected chi connectivity index (χ4v) is 1.83. The van der Waals surface area contributed by atoms with Crippen LogP contribution in [-0.4, -0.2) is 50.9 Å². The number of rotatable bonds is 6. The first-order chi connectivity index (χ1) is 6.20. The molecule has 86 valence electrons. The molecule has 0 atom stereocenters. The quantitative estimate of drug-likeness (QED) is 0.433. The van der Waals surface area contributed by atoms with Gasteiger partial charge in [-0.25, -0.2) is 4.18 Å². The average molecular weight is 252 g/mol. The van der Waals surface area contributed by atoms with Crippen LogP contribution >= 0.6 is 0 Å². The van der Waals surface area contributed by atoms with Gasteiger partial charge in [-0.15, -0.1) is 3.63 Å². The number of aliphatic hydroxyl groups excluding tert-OH is 2. The molecule has 0 spiro atoms. The lowest BCUT2D eigenvalue weighted by molar-refractivity contribution is 0.0594. The van der Waals surface area contributed by atoms with Crippen molar-refractivity contribution in [2.45, 2.75) is 6.10 Å². The van der Waals surface area contributed by atoms with Crippen LogP contribution < -0.4 is 0 Å². The molecule has 0 saturated carbocycles. The third-order valence-electron chi connectivity index (χ3n) is 0.831. The Morgan fingerprint density at radius 3 is 1.79 bits per heavy atom. The molecular weight excluding hydrogens is 244 g/mol. The lowest BCUT2D eigenvalue weighted by Crippen LogP contribution is -2.27. The first kappa shape index (κ1) is 13.7. The Morgan fingerprint density at radius 1 is 1.07 bits per heavy atom. The fraction of sp³-hybridized carbons (Fsp3) is 1.00. The summed E-state index contributed by atoms with van der Waals surface area (Å²) in [7, 11) is -10.2. The molecule has 0 heterocycles. The van der Waals surface area contributed by atoms with Crippen LogP contribution in [0.2, 0.25) is 0 Å². The van der Waals surface area contributed by atoms with Crippen LogP contribution in [0.4, 0.5) is 0 Å². The van der Waals surface area contributed by atoms with Gasteiger partial charge in [0.25, 0.3) is 0 Å². The Hall–Kier alpha value is -0.300. The van der Waals surface area contributed by atoms with E-state index >= 15 is 0 Å². The fourth-order valence-electron chi connectivity index (χ4n) is 0.407. The van der Waals surface area contributed by atoms with E-state index in [2.05, 4.69) is 7.81 Å². The van der Waals surface area contributed by atoms with Gasteiger partial charge in [0.2, 0.25) is 0 Å². The van der Waals surface area contributed by atoms with E-state index in [4.69, 9.17) is 14.8 Å². The Morgan fingerprint density at radius 2 is 1.50 bits per heavy atom. The summed E-state index contributed by atoms with van der Waals surface area (Å²) in [5.41, 5.74) is 0. The highest BCUT2D eigenvalue weighted by atomic mass is 32.3. The lowest BCUT2D eigenvalue weighted by atomic mass is 10.4. The minimum absolute atomic E-state index is 0.870. The molecule has 0 aromatic heterocycles. The second kappa shape index (κ2) is 4.97. The summed E-state index contributed by atoms with van der Waals surface area (Å²) in [6.07, 6.45) is -1.55. The SMILES string of the molecule is O=S(=O)(O)OS(=O)(=O)OC(CO)CO. The van der Waals surface area contributed by atoms with Gasteiger partial charge >= 0.3 is 20.8 Å². The van der Waals surface area contributed by atoms with Gasteiger partial charge in [-0.1, -0.05) is 0 Å². The summed E-state index contributed by atoms with van der Waals surface area (Å²) in [6, 6.07) is 0. The smallest absolute Gasteiger partial charge is 0.394 e. The molecule has 0 rings (SSSR count). The van der Waals surface area contributed by atoms with Crippen molar-refractivity contribution in [2.75, 3.05) is 13.2 Å². The largest absolute Gasteiger partial charge is 0.416 e. The van der Waals surface area contributed by atoms with Gasteiger partial charge in [-0.3, -0.25) is 4.55 Å². The maximum atomic E-state index is 10.6. The topological polar surface area (TPSA) is 147 Å². The monoisotopic (exact) mass is 252 g/mol. The summed E-state index contributed by atoms with van der Waals surface area (Å²) in [4.78, 5) is 0. The van der Waals surface area contributed by atoms with E-state index in [1.807, 2.05) is 0 Å². The van der Waals surface area contributed by atoms with E-state index in [1.54, 1.807) is 0 Å². The van der Waals surface area contributed by atoms with E-state index in [9.17, 15) is 16.8 Å². The zero-order valence-electron chi connectivity index (χ0n) is 6.60. The molecular formula is C3H8O9S2. The summed E-state index contributed by atoms with van der Waals surface area (Å²) in [6.45, 7) is -1.74. The maximum Gasteiger partial charge on any atom is 0.416 e. The van der Waals surface area contributed by atoms with Crippen molar-refractivity contribution in [3.05, 3.63) is 0 Å². The second-order valence-electron chi connectivity index (χ2n) is 1.99. The molecule has 0 aliphatic carbocycles. The Bertz CT molecular complexity index is 348. The van der Waals surface area contributed by atoms with E-state index in [0.717, 1.165) is 0 Å². The summed E-state index contributed by atoms with van der Waals surface area (Å²) in [5, 5.41) is 16.7. The van der Waals surface area contributed by atoms with Crippen LogP contribution in [0.25, 0.3) is 0 Å². The molecule has 9 nitrogen and oxygen atoms in total. The van der Waals surface area contributed by atoms with Crippen molar-refractivity contribution >= 4 is 20.8 Å². The summed E-state index contributed by atoms with van der Waals surface area (Å²) < 4.78 is 56.0. The van der Waals surface area contributed by atoms with Crippen LogP contribution in [0.15, 0.2) is 0 Å². The molecule has 0 aromatic rings. The van der Waals surface area contributed by atoms with E-state index in [-0.39, 0.29) is 0 Å². The predicted octanol–water partition coefficient (Wildman–Crippen LogP) is -2.58. The molecule has 0 unspecified atom stereocenters. The highest BCUT2D eigenvalue weighted by Gasteiger charge is 2.25. The number of aliphatic hydroxyl groups is 2. The van der Waals surface area contributed by atoms with Crippen LogP contribution in [0.1, 0.15) is 0 Å². The molecule has 14 heavy (non-hydrogen) atoms. The van der Waals surface area contributed by atoms with Crippen molar-refractivity contribution < 1.29 is 39.4 Å². The highest BCUT2D eigenvalue weighted by Crippen LogP contribution is 2.04. The third-order valence-corrected chi connectivity index (χ3v) is 2.69. The van der Waals surface area contributed by atoms with Crippen molar-refractivity contribution in [3.8, 4) is 0 Å². The van der Waals surface area contributed by atoms with Gasteiger partial charge in [0.15, 0.2) is 0 Å². The highest BCUT2D eigenvalue weighted by molar-refractivity contribution is 7.94. The molecule has 0 aliphatic rings. The van der Waals surface area contributed by atoms with Crippen molar-refractivity contribution in [1.29, 1.82) is 0 Å². The molecule has 11 heteroatoms. The Labute approximate surface area is 80.2 Å². The lowest BCUT2D eigenvalue weighted by Gasteiger charge is -2.10. The standard InChI is InChI=1S/C3H8O9S2/c4-1-3(2-5)11-14(9,10)12-13(6,7)8/h3-5H,1-2H2,(H,6,7,8). The van der Waals surface area contributed by atoms with E-state index in [1.165, 1.54) is 0 Å². The van der Waals surface area contributed by atoms with Gasteiger partial charge in [-0.2, -0.15) is 16.8 Å². The van der Waals surface area contributed by atoms with Gasteiger partial charge in [0.1, 0.15) is 6.10 Å². The average Bonchev–Trinajstić information content (AvgIpc) is 1.95. The molecule has 0 aliphatic heterocycles.